The fraction of sp³-hybridized carbons (Fsp3) is 0.278. The van der Waals surface area contributed by atoms with Crippen molar-refractivity contribution < 1.29 is 14.2 Å². The molecule has 0 radical (unpaired) electrons. The van der Waals surface area contributed by atoms with Crippen LogP contribution >= 0.6 is 11.3 Å². The summed E-state index contributed by atoms with van der Waals surface area (Å²) < 4.78 is 20.9. The maximum absolute atomic E-state index is 14.5. The number of thiazole rings is 1. The number of fused-ring (bicyclic) bond motifs is 1. The van der Waals surface area contributed by atoms with Crippen molar-refractivity contribution in [3.8, 4) is 5.75 Å². The van der Waals surface area contributed by atoms with Crippen molar-refractivity contribution in [1.82, 2.24) is 9.88 Å². The van der Waals surface area contributed by atoms with Gasteiger partial charge in [-0.1, -0.05) is 24.3 Å². The molecule has 3 aromatic rings. The number of hydrogen-bond donors (Lipinski definition) is 1. The molecule has 1 saturated heterocycles. The number of morpholine rings is 1. The van der Waals surface area contributed by atoms with E-state index in [9.17, 15) is 9.50 Å². The van der Waals surface area contributed by atoms with E-state index in [2.05, 4.69) is 9.88 Å². The van der Waals surface area contributed by atoms with E-state index in [1.165, 1.54) is 17.4 Å². The van der Waals surface area contributed by atoms with Crippen LogP contribution in [0.4, 0.5) is 4.39 Å². The lowest BCUT2D eigenvalue weighted by Crippen LogP contribution is -2.39. The number of aromatic hydroxyl groups is 1. The molecule has 1 fully saturated rings. The zero-order valence-corrected chi connectivity index (χ0v) is 13.8. The third-order valence-electron chi connectivity index (χ3n) is 4.41. The minimum atomic E-state index is -0.360. The van der Waals surface area contributed by atoms with Crippen LogP contribution in [0.3, 0.4) is 0 Å². The molecule has 0 aliphatic carbocycles. The highest BCUT2D eigenvalue weighted by molar-refractivity contribution is 7.16. The Morgan fingerprint density at radius 2 is 1.92 bits per heavy atom. The highest BCUT2D eigenvalue weighted by Crippen LogP contribution is 2.39. The van der Waals surface area contributed by atoms with Crippen molar-refractivity contribution in [2.24, 2.45) is 0 Å². The van der Waals surface area contributed by atoms with Gasteiger partial charge in [0, 0.05) is 24.2 Å². The molecule has 124 valence electrons. The van der Waals surface area contributed by atoms with Crippen LogP contribution in [0.25, 0.3) is 10.2 Å². The Bertz CT molecular complexity index is 861. The highest BCUT2D eigenvalue weighted by atomic mass is 32.1. The smallest absolute Gasteiger partial charge is 0.147 e. The third-order valence-corrected chi connectivity index (χ3v) is 5.21. The van der Waals surface area contributed by atoms with Crippen LogP contribution in [-0.4, -0.2) is 41.3 Å². The molecular weight excluding hydrogens is 327 g/mol. The molecule has 4 nitrogen and oxygen atoms in total. The van der Waals surface area contributed by atoms with E-state index in [4.69, 9.17) is 4.74 Å². The average molecular weight is 344 g/mol. The Kier molecular flexibility index (Phi) is 4.18. The van der Waals surface area contributed by atoms with E-state index in [0.29, 0.717) is 42.9 Å². The van der Waals surface area contributed by atoms with Crippen LogP contribution in [0.5, 0.6) is 5.75 Å². The van der Waals surface area contributed by atoms with E-state index in [0.717, 1.165) is 4.70 Å². The summed E-state index contributed by atoms with van der Waals surface area (Å²) in [5, 5.41) is 10.8. The lowest BCUT2D eigenvalue weighted by Gasteiger charge is -2.35. The SMILES string of the molecule is Oc1c(C(c2ccccc2F)N2CCOCC2)ccc2scnc12. The van der Waals surface area contributed by atoms with Gasteiger partial charge in [0.25, 0.3) is 0 Å². The number of halogens is 1. The standard InChI is InChI=1S/C18H17FN2O2S/c19-14-4-2-1-3-12(14)17(21-7-9-23-10-8-21)13-5-6-15-16(18(13)22)20-11-24-15/h1-6,11,17,22H,7-10H2. The Balaban J connectivity index is 1.87. The van der Waals surface area contributed by atoms with Crippen molar-refractivity contribution in [3.63, 3.8) is 0 Å². The molecule has 1 atom stereocenters. The van der Waals surface area contributed by atoms with Crippen molar-refractivity contribution >= 4 is 21.6 Å². The summed E-state index contributed by atoms with van der Waals surface area (Å²) in [5.74, 6) is -0.139. The van der Waals surface area contributed by atoms with Gasteiger partial charge in [0.1, 0.15) is 17.1 Å². The number of hydrogen-bond acceptors (Lipinski definition) is 5. The molecule has 1 aliphatic heterocycles. The number of aromatic nitrogens is 1. The summed E-state index contributed by atoms with van der Waals surface area (Å²) in [6, 6.07) is 10.2. The summed E-state index contributed by atoms with van der Waals surface area (Å²) >= 11 is 1.48. The Morgan fingerprint density at radius 3 is 2.71 bits per heavy atom. The van der Waals surface area contributed by atoms with E-state index >= 15 is 0 Å². The van der Waals surface area contributed by atoms with Crippen molar-refractivity contribution in [3.05, 3.63) is 58.9 Å². The number of ether oxygens (including phenoxy) is 1. The molecule has 2 heterocycles. The monoisotopic (exact) mass is 344 g/mol. The molecule has 6 heteroatoms. The first kappa shape index (κ1) is 15.5. The average Bonchev–Trinajstić information content (AvgIpc) is 3.09. The van der Waals surface area contributed by atoms with E-state index in [-0.39, 0.29) is 17.6 Å². The maximum Gasteiger partial charge on any atom is 0.147 e. The highest BCUT2D eigenvalue weighted by Gasteiger charge is 2.29. The van der Waals surface area contributed by atoms with Gasteiger partial charge >= 0.3 is 0 Å². The van der Waals surface area contributed by atoms with E-state index in [1.807, 2.05) is 18.2 Å². The largest absolute Gasteiger partial charge is 0.505 e. The van der Waals surface area contributed by atoms with Crippen molar-refractivity contribution in [2.45, 2.75) is 6.04 Å². The van der Waals surface area contributed by atoms with Crippen LogP contribution in [0, 0.1) is 5.82 Å². The molecule has 0 amide bonds. The molecule has 0 saturated carbocycles. The first-order chi connectivity index (χ1) is 11.8. The number of nitrogens with zero attached hydrogens (tertiary/aromatic N) is 2. The van der Waals surface area contributed by atoms with E-state index < -0.39 is 0 Å². The second kappa shape index (κ2) is 6.47. The van der Waals surface area contributed by atoms with Gasteiger partial charge in [0.05, 0.1) is 29.5 Å². The first-order valence-corrected chi connectivity index (χ1v) is 8.75. The molecule has 0 spiro atoms. The molecule has 4 rings (SSSR count). The lowest BCUT2D eigenvalue weighted by atomic mass is 9.95. The van der Waals surface area contributed by atoms with Crippen LogP contribution in [0.15, 0.2) is 41.9 Å². The van der Waals surface area contributed by atoms with Crippen LogP contribution in [0.1, 0.15) is 17.2 Å². The molecule has 1 N–H and O–H groups in total. The van der Waals surface area contributed by atoms with Crippen LogP contribution in [-0.2, 0) is 4.74 Å². The normalized spacial score (nSPS) is 17.2. The van der Waals surface area contributed by atoms with Crippen molar-refractivity contribution in [2.75, 3.05) is 26.3 Å². The van der Waals surface area contributed by atoms with Gasteiger partial charge in [-0.3, -0.25) is 4.90 Å². The summed E-state index contributed by atoms with van der Waals surface area (Å²) in [5.41, 5.74) is 3.53. The summed E-state index contributed by atoms with van der Waals surface area (Å²) in [6.45, 7) is 2.58. The fourth-order valence-electron chi connectivity index (χ4n) is 3.25. The second-order valence-corrected chi connectivity index (χ2v) is 6.66. The van der Waals surface area contributed by atoms with Gasteiger partial charge in [0.15, 0.2) is 0 Å². The third kappa shape index (κ3) is 2.66. The Hall–Kier alpha value is -2.02. The maximum atomic E-state index is 14.5. The summed E-state index contributed by atoms with van der Waals surface area (Å²) in [4.78, 5) is 6.40. The number of phenolic OH excluding ortho intramolecular Hbond substituents is 1. The van der Waals surface area contributed by atoms with E-state index in [1.54, 1.807) is 17.6 Å². The Morgan fingerprint density at radius 1 is 1.12 bits per heavy atom. The number of benzene rings is 2. The summed E-state index contributed by atoms with van der Waals surface area (Å²) in [6.07, 6.45) is 0. The predicted molar refractivity (Wildman–Crippen MR) is 91.9 cm³/mol. The minimum absolute atomic E-state index is 0.133. The molecular formula is C18H17FN2O2S. The lowest BCUT2D eigenvalue weighted by molar-refractivity contribution is 0.0230. The zero-order valence-electron chi connectivity index (χ0n) is 13.0. The number of rotatable bonds is 3. The van der Waals surface area contributed by atoms with Gasteiger partial charge in [-0.15, -0.1) is 11.3 Å². The van der Waals surface area contributed by atoms with Gasteiger partial charge in [0.2, 0.25) is 0 Å². The minimum Gasteiger partial charge on any atom is -0.505 e. The van der Waals surface area contributed by atoms with Gasteiger partial charge in [-0.2, -0.15) is 0 Å². The van der Waals surface area contributed by atoms with Gasteiger partial charge < -0.3 is 9.84 Å². The predicted octanol–water partition coefficient (Wildman–Crippen LogP) is 3.56. The molecule has 1 aromatic heterocycles. The molecule has 24 heavy (non-hydrogen) atoms. The first-order valence-electron chi connectivity index (χ1n) is 7.87. The Labute approximate surface area is 143 Å². The van der Waals surface area contributed by atoms with Crippen LogP contribution in [0.2, 0.25) is 0 Å². The quantitative estimate of drug-likeness (QED) is 0.789. The van der Waals surface area contributed by atoms with Gasteiger partial charge in [-0.05, 0) is 12.1 Å². The molecule has 2 aromatic carbocycles. The topological polar surface area (TPSA) is 45.6 Å². The fourth-order valence-corrected chi connectivity index (χ4v) is 3.93. The molecule has 1 unspecified atom stereocenters. The molecule has 0 bridgehead atoms. The summed E-state index contributed by atoms with van der Waals surface area (Å²) in [7, 11) is 0. The second-order valence-electron chi connectivity index (χ2n) is 5.77. The number of phenols is 1. The molecule has 1 aliphatic rings. The van der Waals surface area contributed by atoms with Crippen molar-refractivity contribution in [1.29, 1.82) is 0 Å². The van der Waals surface area contributed by atoms with Crippen LogP contribution < -0.4 is 0 Å². The van der Waals surface area contributed by atoms with Gasteiger partial charge in [-0.25, -0.2) is 9.37 Å². The zero-order chi connectivity index (χ0) is 16.5.